The van der Waals surface area contributed by atoms with Crippen LogP contribution in [0.5, 0.6) is 5.75 Å². The third-order valence-electron chi connectivity index (χ3n) is 6.48. The molecular weight excluding hydrogens is 438 g/mol. The zero-order chi connectivity index (χ0) is 24.0. The molecule has 0 aliphatic heterocycles. The number of ether oxygens (including phenoxy) is 2. The highest BCUT2D eigenvalue weighted by Gasteiger charge is 2.29. The van der Waals surface area contributed by atoms with Gasteiger partial charge in [-0.3, -0.25) is 9.89 Å². The maximum Gasteiger partial charge on any atom is 0.251 e. The van der Waals surface area contributed by atoms with Crippen LogP contribution in [0.15, 0.2) is 84.9 Å². The van der Waals surface area contributed by atoms with E-state index in [2.05, 4.69) is 27.6 Å². The molecule has 5 rings (SSSR count). The van der Waals surface area contributed by atoms with Crippen LogP contribution in [0.1, 0.15) is 35.2 Å². The lowest BCUT2D eigenvalue weighted by atomic mass is 10.1. The predicted molar refractivity (Wildman–Crippen MR) is 136 cm³/mol. The van der Waals surface area contributed by atoms with Crippen molar-refractivity contribution in [1.82, 2.24) is 15.5 Å². The first-order chi connectivity index (χ1) is 17.2. The Morgan fingerprint density at radius 2 is 1.80 bits per heavy atom. The predicted octanol–water partition coefficient (Wildman–Crippen LogP) is 5.62. The van der Waals surface area contributed by atoms with Crippen LogP contribution < -0.4 is 10.1 Å². The van der Waals surface area contributed by atoms with Gasteiger partial charge in [-0.05, 0) is 60.7 Å². The zero-order valence-electron chi connectivity index (χ0n) is 19.7. The standard InChI is InChI=1S/C29H29N3O3/c1-34-24-10-5-9-23(17-24)27-18-26(31-32-27)21-13-15-22(16-14-21)29(33)30-25-11-6-12-28(25)35-19-20-7-3-2-4-8-20/h2-5,7-10,13-18,25,28H,6,11-12,19H2,1H3,(H,30,33)(H,31,32)/t25-,28-/m0/s1. The van der Waals surface area contributed by atoms with Gasteiger partial charge in [0.25, 0.3) is 5.91 Å². The number of nitrogens with zero attached hydrogens (tertiary/aromatic N) is 1. The van der Waals surface area contributed by atoms with E-state index in [1.807, 2.05) is 72.8 Å². The van der Waals surface area contributed by atoms with Crippen molar-refractivity contribution in [1.29, 1.82) is 0 Å². The summed E-state index contributed by atoms with van der Waals surface area (Å²) in [5, 5.41) is 10.7. The lowest BCUT2D eigenvalue weighted by Crippen LogP contribution is -2.41. The van der Waals surface area contributed by atoms with Gasteiger partial charge in [0.15, 0.2) is 0 Å². The second-order valence-electron chi connectivity index (χ2n) is 8.82. The monoisotopic (exact) mass is 467 g/mol. The van der Waals surface area contributed by atoms with Gasteiger partial charge in [0, 0.05) is 11.1 Å². The molecule has 35 heavy (non-hydrogen) atoms. The van der Waals surface area contributed by atoms with Gasteiger partial charge in [0.2, 0.25) is 0 Å². The molecule has 6 nitrogen and oxygen atoms in total. The minimum Gasteiger partial charge on any atom is -0.497 e. The smallest absolute Gasteiger partial charge is 0.251 e. The molecule has 0 saturated heterocycles. The molecule has 0 spiro atoms. The molecule has 1 heterocycles. The summed E-state index contributed by atoms with van der Waals surface area (Å²) in [4.78, 5) is 12.9. The van der Waals surface area contributed by atoms with Crippen LogP contribution in [0.4, 0.5) is 0 Å². The first kappa shape index (κ1) is 22.9. The fourth-order valence-corrected chi connectivity index (χ4v) is 4.52. The molecule has 1 amide bonds. The van der Waals surface area contributed by atoms with Crippen molar-refractivity contribution >= 4 is 5.91 Å². The van der Waals surface area contributed by atoms with E-state index in [0.29, 0.717) is 12.2 Å². The van der Waals surface area contributed by atoms with Gasteiger partial charge in [0.05, 0.1) is 37.3 Å². The Balaban J connectivity index is 1.21. The summed E-state index contributed by atoms with van der Waals surface area (Å²) in [5.41, 5.74) is 5.45. The first-order valence-corrected chi connectivity index (χ1v) is 12.0. The van der Waals surface area contributed by atoms with E-state index in [9.17, 15) is 4.79 Å². The molecule has 178 valence electrons. The maximum absolute atomic E-state index is 12.9. The number of hydrogen-bond donors (Lipinski definition) is 2. The number of hydrogen-bond acceptors (Lipinski definition) is 4. The summed E-state index contributed by atoms with van der Waals surface area (Å²) < 4.78 is 11.4. The molecule has 6 heteroatoms. The van der Waals surface area contributed by atoms with Gasteiger partial charge in [0.1, 0.15) is 5.75 Å². The van der Waals surface area contributed by atoms with E-state index in [-0.39, 0.29) is 18.1 Å². The number of carbonyl (C=O) groups is 1. The Morgan fingerprint density at radius 1 is 0.971 bits per heavy atom. The van der Waals surface area contributed by atoms with Crippen LogP contribution >= 0.6 is 0 Å². The Labute approximate surface area is 205 Å². The summed E-state index contributed by atoms with van der Waals surface area (Å²) in [5.74, 6) is 0.718. The van der Waals surface area contributed by atoms with E-state index in [0.717, 1.165) is 53.1 Å². The van der Waals surface area contributed by atoms with Gasteiger partial charge >= 0.3 is 0 Å². The van der Waals surface area contributed by atoms with Gasteiger partial charge in [-0.15, -0.1) is 0 Å². The topological polar surface area (TPSA) is 76.2 Å². The van der Waals surface area contributed by atoms with Crippen LogP contribution in [0, 0.1) is 0 Å². The highest BCUT2D eigenvalue weighted by Crippen LogP contribution is 2.27. The van der Waals surface area contributed by atoms with Crippen LogP contribution in [0.25, 0.3) is 22.5 Å². The lowest BCUT2D eigenvalue weighted by molar-refractivity contribution is 0.0272. The van der Waals surface area contributed by atoms with Crippen molar-refractivity contribution in [2.24, 2.45) is 0 Å². The number of amides is 1. The number of methoxy groups -OCH3 is 1. The normalized spacial score (nSPS) is 17.3. The third kappa shape index (κ3) is 5.44. The minimum atomic E-state index is -0.0709. The fourth-order valence-electron chi connectivity index (χ4n) is 4.52. The maximum atomic E-state index is 12.9. The number of carbonyl (C=O) groups excluding carboxylic acids is 1. The van der Waals surface area contributed by atoms with Gasteiger partial charge in [-0.1, -0.05) is 54.6 Å². The van der Waals surface area contributed by atoms with Crippen molar-refractivity contribution in [3.63, 3.8) is 0 Å². The average molecular weight is 468 g/mol. The fraction of sp³-hybridized carbons (Fsp3) is 0.241. The van der Waals surface area contributed by atoms with Gasteiger partial charge in [-0.25, -0.2) is 0 Å². The van der Waals surface area contributed by atoms with E-state index in [1.165, 1.54) is 0 Å². The number of benzene rings is 3. The van der Waals surface area contributed by atoms with Gasteiger partial charge < -0.3 is 14.8 Å². The van der Waals surface area contributed by atoms with Crippen LogP contribution in [-0.4, -0.2) is 35.4 Å². The second kappa shape index (κ2) is 10.6. The van der Waals surface area contributed by atoms with E-state index in [1.54, 1.807) is 7.11 Å². The SMILES string of the molecule is COc1cccc(-c2cc(-c3ccc(C(=O)N[C@H]4CCC[C@@H]4OCc4ccccc4)cc3)[nH]n2)c1. The third-order valence-corrected chi connectivity index (χ3v) is 6.48. The van der Waals surface area contributed by atoms with Crippen LogP contribution in [0.2, 0.25) is 0 Å². The average Bonchev–Trinajstić information content (AvgIpc) is 3.58. The Bertz CT molecular complexity index is 1270. The van der Waals surface area contributed by atoms with Crippen molar-refractivity contribution in [3.8, 4) is 28.3 Å². The highest BCUT2D eigenvalue weighted by molar-refractivity contribution is 5.95. The number of aromatic nitrogens is 2. The quantitative estimate of drug-likeness (QED) is 0.353. The van der Waals surface area contributed by atoms with E-state index >= 15 is 0 Å². The number of rotatable bonds is 8. The largest absolute Gasteiger partial charge is 0.497 e. The molecule has 0 bridgehead atoms. The van der Waals surface area contributed by atoms with Crippen molar-refractivity contribution in [2.75, 3.05) is 7.11 Å². The molecule has 0 radical (unpaired) electrons. The summed E-state index contributed by atoms with van der Waals surface area (Å²) in [6.07, 6.45) is 2.99. The number of aromatic amines is 1. The molecule has 2 atom stereocenters. The molecule has 1 aliphatic rings. The highest BCUT2D eigenvalue weighted by atomic mass is 16.5. The summed E-state index contributed by atoms with van der Waals surface area (Å²) in [6, 6.07) is 27.6. The van der Waals surface area contributed by atoms with E-state index < -0.39 is 0 Å². The first-order valence-electron chi connectivity index (χ1n) is 12.0. The summed E-state index contributed by atoms with van der Waals surface area (Å²) in [7, 11) is 1.65. The Hall–Kier alpha value is -3.90. The number of H-pyrrole nitrogens is 1. The van der Waals surface area contributed by atoms with Crippen molar-refractivity contribution in [2.45, 2.75) is 38.0 Å². The number of nitrogens with one attached hydrogen (secondary N) is 2. The molecule has 0 unspecified atom stereocenters. The molecule has 2 N–H and O–H groups in total. The minimum absolute atomic E-state index is 0.0314. The second-order valence-corrected chi connectivity index (χ2v) is 8.82. The van der Waals surface area contributed by atoms with Gasteiger partial charge in [-0.2, -0.15) is 5.10 Å². The molecule has 1 aliphatic carbocycles. The molecule has 1 aromatic heterocycles. The zero-order valence-corrected chi connectivity index (χ0v) is 19.7. The molecule has 3 aromatic carbocycles. The Morgan fingerprint density at radius 3 is 2.60 bits per heavy atom. The lowest BCUT2D eigenvalue weighted by Gasteiger charge is -2.21. The van der Waals surface area contributed by atoms with E-state index in [4.69, 9.17) is 9.47 Å². The van der Waals surface area contributed by atoms with Crippen molar-refractivity contribution < 1.29 is 14.3 Å². The molecular formula is C29H29N3O3. The molecule has 4 aromatic rings. The molecule has 1 fully saturated rings. The summed E-state index contributed by atoms with van der Waals surface area (Å²) in [6.45, 7) is 0.564. The summed E-state index contributed by atoms with van der Waals surface area (Å²) >= 11 is 0. The van der Waals surface area contributed by atoms with Crippen molar-refractivity contribution in [3.05, 3.63) is 96.1 Å². The van der Waals surface area contributed by atoms with Crippen LogP contribution in [0.3, 0.4) is 0 Å². The molecule has 1 saturated carbocycles. The Kier molecular flexibility index (Phi) is 6.91. The van der Waals surface area contributed by atoms with Crippen LogP contribution in [-0.2, 0) is 11.3 Å².